The maximum absolute atomic E-state index is 16.0. The molecule has 3 aliphatic rings. The first-order valence-electron chi connectivity index (χ1n) is 14.2. The van der Waals surface area contributed by atoms with Crippen LogP contribution in [0.2, 0.25) is 5.02 Å². The number of halogens is 4. The summed E-state index contributed by atoms with van der Waals surface area (Å²) >= 11 is 6.48. The first-order valence-corrected chi connectivity index (χ1v) is 14.6. The lowest BCUT2D eigenvalue weighted by Gasteiger charge is -2.41. The van der Waals surface area contributed by atoms with E-state index in [1.165, 1.54) is 18.2 Å². The Bertz CT molecular complexity index is 1400. The van der Waals surface area contributed by atoms with Gasteiger partial charge in [-0.05, 0) is 39.2 Å². The molecule has 2 fully saturated rings. The highest BCUT2D eigenvalue weighted by Gasteiger charge is 2.39. The fraction of sp³-hybridized carbons (Fsp3) is 0.467. The normalized spacial score (nSPS) is 21.2. The van der Waals surface area contributed by atoms with Gasteiger partial charge in [0, 0.05) is 87.8 Å². The minimum absolute atomic E-state index is 0.00305. The summed E-state index contributed by atoms with van der Waals surface area (Å²) in [6, 6.07) is 4.76. The maximum atomic E-state index is 16.0. The Labute approximate surface area is 249 Å². The number of benzene rings is 2. The molecule has 0 amide bonds. The van der Waals surface area contributed by atoms with Gasteiger partial charge in [0.1, 0.15) is 29.3 Å². The van der Waals surface area contributed by atoms with Crippen LogP contribution >= 0.6 is 11.6 Å². The molecule has 0 aliphatic carbocycles. The largest absolute Gasteiger partial charge is 0.478 e. The van der Waals surface area contributed by atoms with E-state index >= 15 is 4.39 Å². The van der Waals surface area contributed by atoms with Crippen LogP contribution in [0.25, 0.3) is 0 Å². The number of rotatable bonds is 7. The average molecular weight is 605 g/mol. The van der Waals surface area contributed by atoms with Gasteiger partial charge in [-0.2, -0.15) is 0 Å². The van der Waals surface area contributed by atoms with Gasteiger partial charge in [-0.25, -0.2) is 18.0 Å². The smallest absolute Gasteiger partial charge is 0.335 e. The zero-order valence-corrected chi connectivity index (χ0v) is 24.8. The SMILES string of the molecule is CCN1C(c2c(F)cc(F)cc2N2CCN(C)CC2)=NC(c2ccc(F)cc2Cl)C(C(=O)O)=C1CN1CCN(C)CC1. The van der Waals surface area contributed by atoms with Gasteiger partial charge in [0.25, 0.3) is 0 Å². The Morgan fingerprint density at radius 3 is 2.19 bits per heavy atom. The number of hydrogen-bond acceptors (Lipinski definition) is 7. The molecule has 2 aromatic rings. The van der Waals surface area contributed by atoms with Crippen LogP contribution < -0.4 is 4.90 Å². The van der Waals surface area contributed by atoms with E-state index in [9.17, 15) is 18.7 Å². The minimum atomic E-state index is -1.19. The standard InChI is InChI=1S/C30H36ClF3N6O2/c1-4-40-25(18-38-11-7-36(2)8-12-38)27(30(41)42)28(21-6-5-19(32)15-22(21)31)35-29(40)26-23(34)16-20(33)17-24(26)39-13-9-37(3)10-14-39/h5-6,15-17,28H,4,7-14,18H2,1-3H3,(H,41,42). The fourth-order valence-electron chi connectivity index (χ4n) is 5.88. The van der Waals surface area contributed by atoms with Crippen molar-refractivity contribution in [1.82, 2.24) is 19.6 Å². The van der Waals surface area contributed by atoms with Gasteiger partial charge in [-0.3, -0.25) is 9.89 Å². The summed E-state index contributed by atoms with van der Waals surface area (Å²) in [5, 5.41) is 10.6. The van der Waals surface area contributed by atoms with Gasteiger partial charge in [0.05, 0.1) is 16.8 Å². The molecule has 0 aromatic heterocycles. The molecule has 3 heterocycles. The number of carbonyl (C=O) groups is 1. The zero-order valence-electron chi connectivity index (χ0n) is 24.1. The van der Waals surface area contributed by atoms with Crippen molar-refractivity contribution < 1.29 is 23.1 Å². The molecule has 8 nitrogen and oxygen atoms in total. The van der Waals surface area contributed by atoms with Crippen molar-refractivity contribution in [2.75, 3.05) is 84.4 Å². The Morgan fingerprint density at radius 2 is 1.60 bits per heavy atom. The lowest BCUT2D eigenvalue weighted by atomic mass is 9.93. The number of carboxylic acid groups (broad SMARTS) is 1. The molecule has 1 unspecified atom stereocenters. The van der Waals surface area contributed by atoms with Gasteiger partial charge >= 0.3 is 5.97 Å². The van der Waals surface area contributed by atoms with Crippen molar-refractivity contribution in [2.24, 2.45) is 4.99 Å². The van der Waals surface area contributed by atoms with E-state index in [2.05, 4.69) is 14.7 Å². The molecule has 42 heavy (non-hydrogen) atoms. The van der Waals surface area contributed by atoms with E-state index in [1.807, 2.05) is 25.9 Å². The summed E-state index contributed by atoms with van der Waals surface area (Å²) in [6.07, 6.45) is 0. The average Bonchev–Trinajstić information content (AvgIpc) is 2.93. The Balaban J connectivity index is 1.71. The van der Waals surface area contributed by atoms with Crippen LogP contribution in [-0.4, -0.2) is 116 Å². The van der Waals surface area contributed by atoms with Crippen LogP contribution in [0.5, 0.6) is 0 Å². The number of anilines is 1. The van der Waals surface area contributed by atoms with Gasteiger partial charge in [0.15, 0.2) is 0 Å². The van der Waals surface area contributed by atoms with E-state index in [0.717, 1.165) is 38.3 Å². The second kappa shape index (κ2) is 12.6. The molecule has 1 atom stereocenters. The highest BCUT2D eigenvalue weighted by molar-refractivity contribution is 6.31. The molecule has 0 radical (unpaired) electrons. The number of aliphatic imine (C=N–C) groups is 1. The van der Waals surface area contributed by atoms with Gasteiger partial charge in [-0.15, -0.1) is 0 Å². The molecule has 2 saturated heterocycles. The van der Waals surface area contributed by atoms with E-state index < -0.39 is 29.5 Å². The van der Waals surface area contributed by atoms with E-state index in [4.69, 9.17) is 16.6 Å². The minimum Gasteiger partial charge on any atom is -0.478 e. The quantitative estimate of drug-likeness (QED) is 0.514. The molecule has 3 aliphatic heterocycles. The van der Waals surface area contributed by atoms with E-state index in [-0.39, 0.29) is 28.5 Å². The van der Waals surface area contributed by atoms with Crippen molar-refractivity contribution in [3.05, 3.63) is 75.2 Å². The number of amidine groups is 1. The number of carboxylic acids is 1. The van der Waals surface area contributed by atoms with Gasteiger partial charge in [0.2, 0.25) is 0 Å². The number of aliphatic carboxylic acids is 1. The third kappa shape index (κ3) is 6.15. The van der Waals surface area contributed by atoms with Gasteiger partial charge < -0.3 is 24.7 Å². The first kappa shape index (κ1) is 30.3. The van der Waals surface area contributed by atoms with Crippen molar-refractivity contribution >= 4 is 29.1 Å². The molecule has 0 spiro atoms. The topological polar surface area (TPSA) is 65.9 Å². The number of piperazine rings is 2. The predicted molar refractivity (Wildman–Crippen MR) is 158 cm³/mol. The molecule has 12 heteroatoms. The molecule has 0 saturated carbocycles. The summed E-state index contributed by atoms with van der Waals surface area (Å²) in [7, 11) is 4.03. The van der Waals surface area contributed by atoms with E-state index in [0.29, 0.717) is 49.7 Å². The van der Waals surface area contributed by atoms with Crippen LogP contribution in [0.1, 0.15) is 24.1 Å². The Morgan fingerprint density at radius 1 is 0.952 bits per heavy atom. The lowest BCUT2D eigenvalue weighted by molar-refractivity contribution is -0.133. The molecule has 1 N–H and O–H groups in total. The van der Waals surface area contributed by atoms with Crippen LogP contribution in [0.15, 0.2) is 46.6 Å². The molecule has 5 rings (SSSR count). The second-order valence-corrected chi connectivity index (χ2v) is 11.5. The Kier molecular flexibility index (Phi) is 9.12. The monoisotopic (exact) mass is 604 g/mol. The fourth-order valence-corrected chi connectivity index (χ4v) is 6.15. The maximum Gasteiger partial charge on any atom is 0.335 e. The summed E-state index contributed by atoms with van der Waals surface area (Å²) < 4.78 is 44.8. The zero-order chi connectivity index (χ0) is 30.1. The number of nitrogens with zero attached hydrogens (tertiary/aromatic N) is 6. The van der Waals surface area contributed by atoms with Crippen molar-refractivity contribution in [2.45, 2.75) is 13.0 Å². The Hall–Kier alpha value is -3.12. The highest BCUT2D eigenvalue weighted by atomic mass is 35.5. The summed E-state index contributed by atoms with van der Waals surface area (Å²) in [6.45, 7) is 8.04. The predicted octanol–water partition coefficient (Wildman–Crippen LogP) is 3.92. The van der Waals surface area contributed by atoms with Crippen LogP contribution in [-0.2, 0) is 4.79 Å². The first-order chi connectivity index (χ1) is 20.1. The van der Waals surface area contributed by atoms with Crippen molar-refractivity contribution in [1.29, 1.82) is 0 Å². The summed E-state index contributed by atoms with van der Waals surface area (Å²) in [5.74, 6) is -3.06. The molecular weight excluding hydrogens is 569 g/mol. The van der Waals surface area contributed by atoms with Crippen LogP contribution in [0, 0.1) is 17.5 Å². The summed E-state index contributed by atoms with van der Waals surface area (Å²) in [5.41, 5.74) is 1.21. The molecule has 226 valence electrons. The lowest BCUT2D eigenvalue weighted by Crippen LogP contribution is -2.49. The molecule has 2 aromatic carbocycles. The van der Waals surface area contributed by atoms with Crippen molar-refractivity contribution in [3.8, 4) is 0 Å². The molecule has 0 bridgehead atoms. The van der Waals surface area contributed by atoms with Crippen LogP contribution in [0.3, 0.4) is 0 Å². The van der Waals surface area contributed by atoms with Gasteiger partial charge in [-0.1, -0.05) is 17.7 Å². The number of likely N-dealkylation sites (N-methyl/N-ethyl adjacent to an activating group) is 3. The van der Waals surface area contributed by atoms with Crippen LogP contribution in [0.4, 0.5) is 18.9 Å². The number of hydrogen-bond donors (Lipinski definition) is 1. The third-order valence-electron chi connectivity index (χ3n) is 8.29. The van der Waals surface area contributed by atoms with Crippen molar-refractivity contribution in [3.63, 3.8) is 0 Å². The highest BCUT2D eigenvalue weighted by Crippen LogP contribution is 2.41. The third-order valence-corrected chi connectivity index (χ3v) is 8.62. The second-order valence-electron chi connectivity index (χ2n) is 11.1. The summed E-state index contributed by atoms with van der Waals surface area (Å²) in [4.78, 5) is 28.0. The van der Waals surface area contributed by atoms with E-state index in [1.54, 1.807) is 4.90 Å². The molecular formula is C30H36ClF3N6O2.